The topological polar surface area (TPSA) is 114 Å². The third kappa shape index (κ3) is 4.30. The van der Waals surface area contributed by atoms with Crippen LogP contribution in [-0.4, -0.2) is 55.0 Å². The summed E-state index contributed by atoms with van der Waals surface area (Å²) in [6.07, 6.45) is -0.359. The van der Waals surface area contributed by atoms with Gasteiger partial charge >= 0.3 is 12.1 Å². The highest BCUT2D eigenvalue weighted by atomic mass is 16.5. The average Bonchev–Trinajstić information content (AvgIpc) is 3.33. The van der Waals surface area contributed by atoms with Gasteiger partial charge in [0, 0.05) is 25.0 Å². The minimum absolute atomic E-state index is 0.00147. The lowest BCUT2D eigenvalue weighted by Crippen LogP contribution is -2.45. The van der Waals surface area contributed by atoms with Crippen molar-refractivity contribution in [3.05, 3.63) is 59.7 Å². The van der Waals surface area contributed by atoms with Gasteiger partial charge in [0.15, 0.2) is 6.10 Å². The molecule has 0 spiro atoms. The second-order valence-electron chi connectivity index (χ2n) is 8.84. The molecule has 2 fully saturated rings. The molecule has 3 N–H and O–H groups in total. The Bertz CT molecular complexity index is 1040. The number of alkyl carbamates (subject to hydrolysis) is 1. The first kappa shape index (κ1) is 21.5. The first-order chi connectivity index (χ1) is 16.0. The fraction of sp³-hybridized carbons (Fsp3) is 0.400. The van der Waals surface area contributed by atoms with Gasteiger partial charge < -0.3 is 25.2 Å². The van der Waals surface area contributed by atoms with E-state index < -0.39 is 24.2 Å². The van der Waals surface area contributed by atoms with E-state index in [0.717, 1.165) is 11.1 Å². The van der Waals surface area contributed by atoms with Crippen LogP contribution in [0.3, 0.4) is 0 Å². The maximum absolute atomic E-state index is 12.4. The van der Waals surface area contributed by atoms with Gasteiger partial charge in [-0.15, -0.1) is 0 Å². The minimum Gasteiger partial charge on any atom is -0.479 e. The number of amides is 2. The number of hydrogen-bond acceptors (Lipinski definition) is 5. The van der Waals surface area contributed by atoms with Crippen molar-refractivity contribution >= 4 is 18.0 Å². The molecule has 2 amide bonds. The number of carbonyl (C=O) groups excluding carboxylic acids is 2. The molecule has 2 aromatic carbocycles. The van der Waals surface area contributed by atoms with Crippen molar-refractivity contribution in [2.24, 2.45) is 11.8 Å². The molecule has 1 saturated carbocycles. The van der Waals surface area contributed by atoms with E-state index in [1.807, 2.05) is 24.3 Å². The molecule has 8 nitrogen and oxygen atoms in total. The molecule has 5 rings (SSSR count). The number of aliphatic carboxylic acids is 1. The number of carboxylic acid groups (broad SMARTS) is 1. The largest absolute Gasteiger partial charge is 0.479 e. The number of rotatable bonds is 7. The molecule has 0 radical (unpaired) electrons. The summed E-state index contributed by atoms with van der Waals surface area (Å²) in [4.78, 5) is 35.9. The zero-order valence-electron chi connectivity index (χ0n) is 18.0. The molecule has 33 heavy (non-hydrogen) atoms. The first-order valence-electron chi connectivity index (χ1n) is 11.3. The second kappa shape index (κ2) is 8.86. The Morgan fingerprint density at radius 3 is 2.36 bits per heavy atom. The van der Waals surface area contributed by atoms with Crippen molar-refractivity contribution in [1.29, 1.82) is 0 Å². The molecular formula is C25H26N2O6. The number of carboxylic acids is 1. The minimum atomic E-state index is -1.07. The molecule has 1 heterocycles. The summed E-state index contributed by atoms with van der Waals surface area (Å²) in [5.74, 6) is -1.46. The summed E-state index contributed by atoms with van der Waals surface area (Å²) >= 11 is 0. The molecule has 3 aliphatic rings. The van der Waals surface area contributed by atoms with E-state index in [4.69, 9.17) is 14.6 Å². The zero-order chi connectivity index (χ0) is 22.9. The molecule has 172 valence electrons. The van der Waals surface area contributed by atoms with E-state index in [9.17, 15) is 14.4 Å². The SMILES string of the molecule is O=C(NC[C@H]1C[C@H]1C(=O)NC1CCOC1C(=O)O)OCC1c2ccccc2-c2ccccc21. The van der Waals surface area contributed by atoms with Gasteiger partial charge in [0.2, 0.25) is 5.91 Å². The molecule has 1 aliphatic heterocycles. The van der Waals surface area contributed by atoms with E-state index in [0.29, 0.717) is 26.0 Å². The quantitative estimate of drug-likeness (QED) is 0.597. The van der Waals surface area contributed by atoms with Gasteiger partial charge in [-0.2, -0.15) is 0 Å². The Morgan fingerprint density at radius 1 is 1.03 bits per heavy atom. The van der Waals surface area contributed by atoms with Crippen molar-refractivity contribution in [2.75, 3.05) is 19.8 Å². The first-order valence-corrected chi connectivity index (χ1v) is 11.3. The van der Waals surface area contributed by atoms with Gasteiger partial charge in [0.25, 0.3) is 0 Å². The van der Waals surface area contributed by atoms with Crippen LogP contribution in [0.25, 0.3) is 11.1 Å². The summed E-state index contributed by atoms with van der Waals surface area (Å²) in [7, 11) is 0. The predicted octanol–water partition coefficient (Wildman–Crippen LogP) is 2.52. The van der Waals surface area contributed by atoms with E-state index in [-0.39, 0.29) is 30.3 Å². The van der Waals surface area contributed by atoms with Crippen molar-refractivity contribution in [3.63, 3.8) is 0 Å². The van der Waals surface area contributed by atoms with Crippen LogP contribution in [0.5, 0.6) is 0 Å². The summed E-state index contributed by atoms with van der Waals surface area (Å²) in [5, 5.41) is 14.7. The maximum atomic E-state index is 12.4. The van der Waals surface area contributed by atoms with Crippen molar-refractivity contribution < 1.29 is 29.0 Å². The lowest BCUT2D eigenvalue weighted by atomic mass is 9.98. The standard InChI is InChI=1S/C25H26N2O6/c28-23(27-21-9-10-32-22(21)24(29)30)19-11-14(19)12-26-25(31)33-13-20-17-7-3-1-5-15(17)16-6-2-4-8-18(16)20/h1-8,14,19-22H,9-13H2,(H,26,31)(H,27,28)(H,29,30)/t14-,19-,21?,22?/m1/s1. The van der Waals surface area contributed by atoms with Gasteiger partial charge in [-0.1, -0.05) is 48.5 Å². The third-order valence-electron chi connectivity index (χ3n) is 6.77. The summed E-state index contributed by atoms with van der Waals surface area (Å²) in [6.45, 7) is 0.907. The van der Waals surface area contributed by atoms with Crippen LogP contribution in [0, 0.1) is 11.8 Å². The number of benzene rings is 2. The second-order valence-corrected chi connectivity index (χ2v) is 8.84. The van der Waals surface area contributed by atoms with Crippen LogP contribution in [0.2, 0.25) is 0 Å². The van der Waals surface area contributed by atoms with Gasteiger partial charge in [0.05, 0.1) is 6.04 Å². The van der Waals surface area contributed by atoms with Crippen LogP contribution in [-0.2, 0) is 19.1 Å². The number of carbonyl (C=O) groups is 3. The van der Waals surface area contributed by atoms with Gasteiger partial charge in [-0.3, -0.25) is 4.79 Å². The Kier molecular flexibility index (Phi) is 5.76. The monoisotopic (exact) mass is 450 g/mol. The van der Waals surface area contributed by atoms with Crippen LogP contribution < -0.4 is 10.6 Å². The Balaban J connectivity index is 1.09. The number of fused-ring (bicyclic) bond motifs is 3. The molecular weight excluding hydrogens is 424 g/mol. The fourth-order valence-electron chi connectivity index (χ4n) is 4.93. The third-order valence-corrected chi connectivity index (χ3v) is 6.77. The van der Waals surface area contributed by atoms with Crippen molar-refractivity contribution in [1.82, 2.24) is 10.6 Å². The van der Waals surface area contributed by atoms with E-state index in [2.05, 4.69) is 34.9 Å². The molecule has 2 aromatic rings. The highest BCUT2D eigenvalue weighted by molar-refractivity contribution is 5.83. The lowest BCUT2D eigenvalue weighted by Gasteiger charge is -2.16. The zero-order valence-corrected chi connectivity index (χ0v) is 18.0. The van der Waals surface area contributed by atoms with Crippen molar-refractivity contribution in [3.8, 4) is 11.1 Å². The van der Waals surface area contributed by atoms with E-state index in [1.54, 1.807) is 0 Å². The van der Waals surface area contributed by atoms with Gasteiger partial charge in [-0.25, -0.2) is 9.59 Å². The number of hydrogen-bond donors (Lipinski definition) is 3. The molecule has 8 heteroatoms. The van der Waals surface area contributed by atoms with Crippen molar-refractivity contribution in [2.45, 2.75) is 30.9 Å². The molecule has 0 bridgehead atoms. The molecule has 2 aliphatic carbocycles. The van der Waals surface area contributed by atoms with Crippen LogP contribution in [0.1, 0.15) is 29.9 Å². The van der Waals surface area contributed by atoms with Crippen LogP contribution in [0.15, 0.2) is 48.5 Å². The summed E-state index contributed by atoms with van der Waals surface area (Å²) in [5.41, 5.74) is 4.65. The van der Waals surface area contributed by atoms with Crippen LogP contribution in [0.4, 0.5) is 4.79 Å². The lowest BCUT2D eigenvalue weighted by molar-refractivity contribution is -0.148. The Hall–Kier alpha value is -3.39. The molecule has 0 aromatic heterocycles. The number of ether oxygens (including phenoxy) is 2. The van der Waals surface area contributed by atoms with E-state index in [1.165, 1.54) is 11.1 Å². The molecule has 4 atom stereocenters. The molecule has 2 unspecified atom stereocenters. The van der Waals surface area contributed by atoms with E-state index >= 15 is 0 Å². The van der Waals surface area contributed by atoms with Gasteiger partial charge in [-0.05, 0) is 41.0 Å². The molecule has 1 saturated heterocycles. The Morgan fingerprint density at radius 2 is 1.70 bits per heavy atom. The predicted molar refractivity (Wildman–Crippen MR) is 119 cm³/mol. The average molecular weight is 450 g/mol. The number of nitrogens with one attached hydrogen (secondary N) is 2. The summed E-state index contributed by atoms with van der Waals surface area (Å²) < 4.78 is 10.7. The normalized spacial score (nSPS) is 25.1. The van der Waals surface area contributed by atoms with Crippen LogP contribution >= 0.6 is 0 Å². The maximum Gasteiger partial charge on any atom is 0.407 e. The smallest absolute Gasteiger partial charge is 0.407 e. The highest BCUT2D eigenvalue weighted by Crippen LogP contribution is 2.44. The fourth-order valence-corrected chi connectivity index (χ4v) is 4.93. The van der Waals surface area contributed by atoms with Gasteiger partial charge in [0.1, 0.15) is 6.61 Å². The summed E-state index contributed by atoms with van der Waals surface area (Å²) in [6, 6.07) is 15.8. The Labute approximate surface area is 191 Å². The highest BCUT2D eigenvalue weighted by Gasteiger charge is 2.45.